The molecule has 2 heterocycles. The summed E-state index contributed by atoms with van der Waals surface area (Å²) in [5.41, 5.74) is 1.98. The van der Waals surface area contributed by atoms with Crippen molar-refractivity contribution < 1.29 is 19.2 Å². The number of hydrogen-bond acceptors (Lipinski definition) is 9. The first kappa shape index (κ1) is 25.5. The number of halogens is 1. The van der Waals surface area contributed by atoms with E-state index < -0.39 is 16.9 Å². The SMILES string of the molecule is COc1ccc(C2C(C(=O)OC(C)C)=C(C)Nc3nc(SCc4ccccc4Cl)nn32)cc1[N+](=O)[O-]. The Morgan fingerprint density at radius 2 is 2.06 bits per heavy atom. The molecule has 4 rings (SSSR count). The Morgan fingerprint density at radius 3 is 2.72 bits per heavy atom. The van der Waals surface area contributed by atoms with Crippen molar-refractivity contribution in [2.45, 2.75) is 43.8 Å². The molecule has 12 heteroatoms. The van der Waals surface area contributed by atoms with E-state index in [2.05, 4.69) is 15.4 Å². The van der Waals surface area contributed by atoms with Gasteiger partial charge in [0.1, 0.15) is 6.04 Å². The standard InChI is InChI=1S/C24H24ClN5O5S/c1-13(2)35-22(31)20-14(3)26-23-27-24(36-12-16-7-5-6-8-17(16)25)28-29(23)21(20)15-9-10-19(34-4)18(11-15)30(32)33/h5-11,13,21H,12H2,1-4H3,(H,26,27,28). The normalized spacial score (nSPS) is 14.9. The number of methoxy groups -OCH3 is 1. The fourth-order valence-corrected chi connectivity index (χ4v) is 4.94. The van der Waals surface area contributed by atoms with Crippen LogP contribution in [0.15, 0.2) is 58.9 Å². The lowest BCUT2D eigenvalue weighted by molar-refractivity contribution is -0.385. The molecule has 0 aliphatic carbocycles. The molecule has 1 aliphatic rings. The Labute approximate surface area is 216 Å². The van der Waals surface area contributed by atoms with Gasteiger partial charge in [0.2, 0.25) is 11.1 Å². The van der Waals surface area contributed by atoms with Crippen molar-refractivity contribution >= 4 is 41.0 Å². The maximum Gasteiger partial charge on any atom is 0.338 e. The van der Waals surface area contributed by atoms with E-state index in [0.29, 0.717) is 33.1 Å². The van der Waals surface area contributed by atoms with Crippen LogP contribution in [-0.4, -0.2) is 38.9 Å². The molecule has 0 radical (unpaired) electrons. The zero-order valence-corrected chi connectivity index (χ0v) is 21.6. The van der Waals surface area contributed by atoms with Crippen molar-refractivity contribution in [1.29, 1.82) is 0 Å². The molecule has 0 amide bonds. The molecular weight excluding hydrogens is 506 g/mol. The third kappa shape index (κ3) is 5.17. The van der Waals surface area contributed by atoms with Crippen LogP contribution in [0.4, 0.5) is 11.6 Å². The number of hydrogen-bond donors (Lipinski definition) is 1. The van der Waals surface area contributed by atoms with E-state index in [1.165, 1.54) is 31.0 Å². The van der Waals surface area contributed by atoms with E-state index in [-0.39, 0.29) is 23.1 Å². The van der Waals surface area contributed by atoms with E-state index in [1.54, 1.807) is 31.5 Å². The van der Waals surface area contributed by atoms with E-state index >= 15 is 0 Å². The average Bonchev–Trinajstić information content (AvgIpc) is 3.24. The molecule has 2 aromatic carbocycles. The minimum atomic E-state index is -0.806. The summed E-state index contributed by atoms with van der Waals surface area (Å²) in [7, 11) is 1.36. The summed E-state index contributed by atoms with van der Waals surface area (Å²) in [5, 5.41) is 20.6. The highest BCUT2D eigenvalue weighted by atomic mass is 35.5. The second kappa shape index (κ2) is 10.6. The molecule has 188 valence electrons. The Balaban J connectivity index is 1.77. The van der Waals surface area contributed by atoms with Crippen molar-refractivity contribution in [2.75, 3.05) is 12.4 Å². The van der Waals surface area contributed by atoms with Gasteiger partial charge in [-0.3, -0.25) is 10.1 Å². The minimum Gasteiger partial charge on any atom is -0.490 e. The number of rotatable bonds is 8. The Morgan fingerprint density at radius 1 is 1.31 bits per heavy atom. The van der Waals surface area contributed by atoms with E-state index in [4.69, 9.17) is 21.1 Å². The molecule has 3 aromatic rings. The number of nitro groups is 1. The number of carbonyl (C=O) groups is 1. The van der Waals surface area contributed by atoms with Crippen molar-refractivity contribution in [3.63, 3.8) is 0 Å². The summed E-state index contributed by atoms with van der Waals surface area (Å²) in [6.07, 6.45) is -0.359. The van der Waals surface area contributed by atoms with Gasteiger partial charge in [-0.25, -0.2) is 9.48 Å². The summed E-state index contributed by atoms with van der Waals surface area (Å²) < 4.78 is 12.2. The summed E-state index contributed by atoms with van der Waals surface area (Å²) in [4.78, 5) is 28.9. The summed E-state index contributed by atoms with van der Waals surface area (Å²) in [6, 6.07) is 11.2. The predicted octanol–water partition coefficient (Wildman–Crippen LogP) is 5.38. The molecular formula is C24H24ClN5O5S. The fourth-order valence-electron chi connectivity index (χ4n) is 3.82. The molecule has 0 saturated heterocycles. The molecule has 0 bridgehead atoms. The average molecular weight is 530 g/mol. The first-order valence-corrected chi connectivity index (χ1v) is 12.4. The van der Waals surface area contributed by atoms with Crippen LogP contribution in [0.2, 0.25) is 5.02 Å². The van der Waals surface area contributed by atoms with Gasteiger partial charge in [-0.2, -0.15) is 4.98 Å². The number of nitrogens with zero attached hydrogens (tertiary/aromatic N) is 4. The van der Waals surface area contributed by atoms with E-state index in [9.17, 15) is 14.9 Å². The second-order valence-corrected chi connectivity index (χ2v) is 9.60. The highest BCUT2D eigenvalue weighted by Crippen LogP contribution is 2.40. The van der Waals surface area contributed by atoms with Gasteiger partial charge in [-0.15, -0.1) is 5.10 Å². The van der Waals surface area contributed by atoms with Gasteiger partial charge in [0.15, 0.2) is 5.75 Å². The van der Waals surface area contributed by atoms with Crippen molar-refractivity contribution in [3.05, 3.63) is 80.0 Å². The second-order valence-electron chi connectivity index (χ2n) is 8.25. The van der Waals surface area contributed by atoms with Crippen LogP contribution in [0.3, 0.4) is 0 Å². The third-order valence-corrected chi connectivity index (χ3v) is 6.68. The number of benzene rings is 2. The molecule has 0 fully saturated rings. The molecule has 36 heavy (non-hydrogen) atoms. The van der Waals surface area contributed by atoms with Crippen molar-refractivity contribution in [1.82, 2.24) is 14.8 Å². The lowest BCUT2D eigenvalue weighted by Gasteiger charge is -2.28. The molecule has 1 aliphatic heterocycles. The van der Waals surface area contributed by atoms with Gasteiger partial charge in [-0.1, -0.05) is 47.6 Å². The number of anilines is 1. The monoisotopic (exact) mass is 529 g/mol. The molecule has 1 N–H and O–H groups in total. The number of fused-ring (bicyclic) bond motifs is 1. The number of thioether (sulfide) groups is 1. The highest BCUT2D eigenvalue weighted by molar-refractivity contribution is 7.98. The van der Waals surface area contributed by atoms with Crippen LogP contribution in [0.5, 0.6) is 5.75 Å². The lowest BCUT2D eigenvalue weighted by Crippen LogP contribution is -2.30. The lowest BCUT2D eigenvalue weighted by atomic mass is 9.95. The Kier molecular flexibility index (Phi) is 7.51. The van der Waals surface area contributed by atoms with Crippen molar-refractivity contribution in [3.8, 4) is 5.75 Å². The Bertz CT molecular complexity index is 1360. The Hall–Kier alpha value is -3.57. The highest BCUT2D eigenvalue weighted by Gasteiger charge is 2.36. The zero-order chi connectivity index (χ0) is 26.0. The maximum absolute atomic E-state index is 13.1. The number of allylic oxidation sites excluding steroid dienone is 1. The molecule has 1 aromatic heterocycles. The van der Waals surface area contributed by atoms with Gasteiger partial charge >= 0.3 is 11.7 Å². The van der Waals surface area contributed by atoms with Gasteiger partial charge in [-0.05, 0) is 44.0 Å². The number of ether oxygens (including phenoxy) is 2. The van der Waals surface area contributed by atoms with Crippen LogP contribution in [-0.2, 0) is 15.3 Å². The zero-order valence-electron chi connectivity index (χ0n) is 20.0. The first-order chi connectivity index (χ1) is 17.2. The predicted molar refractivity (Wildman–Crippen MR) is 136 cm³/mol. The maximum atomic E-state index is 13.1. The molecule has 1 unspecified atom stereocenters. The summed E-state index contributed by atoms with van der Waals surface area (Å²) in [5.74, 6) is 0.499. The molecule has 10 nitrogen and oxygen atoms in total. The number of aromatic nitrogens is 3. The molecule has 0 spiro atoms. The number of carbonyl (C=O) groups excluding carboxylic acids is 1. The van der Waals surface area contributed by atoms with E-state index in [1.807, 2.05) is 24.3 Å². The smallest absolute Gasteiger partial charge is 0.338 e. The summed E-state index contributed by atoms with van der Waals surface area (Å²) >= 11 is 7.66. The van der Waals surface area contributed by atoms with Gasteiger partial charge < -0.3 is 14.8 Å². The van der Waals surface area contributed by atoms with Crippen LogP contribution in [0, 0.1) is 10.1 Å². The molecule has 1 atom stereocenters. The van der Waals surface area contributed by atoms with Crippen LogP contribution >= 0.6 is 23.4 Å². The third-order valence-electron chi connectivity index (χ3n) is 5.43. The van der Waals surface area contributed by atoms with Gasteiger partial charge in [0.25, 0.3) is 0 Å². The van der Waals surface area contributed by atoms with Gasteiger partial charge in [0.05, 0.1) is 23.7 Å². The quantitative estimate of drug-likeness (QED) is 0.177. The minimum absolute atomic E-state index is 0.111. The van der Waals surface area contributed by atoms with Crippen LogP contribution in [0.1, 0.15) is 37.9 Å². The van der Waals surface area contributed by atoms with Crippen LogP contribution < -0.4 is 10.1 Å². The van der Waals surface area contributed by atoms with Gasteiger partial charge in [0, 0.05) is 22.5 Å². The number of nitro benzene ring substituents is 1. The van der Waals surface area contributed by atoms with E-state index in [0.717, 1.165) is 5.56 Å². The topological polar surface area (TPSA) is 121 Å². The number of nitrogens with one attached hydrogen (secondary N) is 1. The largest absolute Gasteiger partial charge is 0.490 e. The summed E-state index contributed by atoms with van der Waals surface area (Å²) in [6.45, 7) is 5.24. The fraction of sp³-hybridized carbons (Fsp3) is 0.292. The molecule has 0 saturated carbocycles. The van der Waals surface area contributed by atoms with Crippen molar-refractivity contribution in [2.24, 2.45) is 0 Å². The first-order valence-electron chi connectivity index (χ1n) is 11.0. The van der Waals surface area contributed by atoms with Crippen LogP contribution in [0.25, 0.3) is 0 Å². The number of esters is 1.